The third kappa shape index (κ3) is 5.17. The highest BCUT2D eigenvalue weighted by Gasteiger charge is 2.33. The molecule has 9 heteroatoms. The van der Waals surface area contributed by atoms with Crippen LogP contribution >= 0.6 is 11.3 Å². The molecule has 1 fully saturated rings. The zero-order chi connectivity index (χ0) is 26.1. The lowest BCUT2D eigenvalue weighted by atomic mass is 10.0. The lowest BCUT2D eigenvalue weighted by Crippen LogP contribution is -3.10. The molecule has 0 spiro atoms. The van der Waals surface area contributed by atoms with Gasteiger partial charge in [0, 0.05) is 24.1 Å². The van der Waals surface area contributed by atoms with Crippen molar-refractivity contribution in [3.05, 3.63) is 53.1 Å². The molecule has 5 rings (SSSR count). The Morgan fingerprint density at radius 2 is 2.03 bits per heavy atom. The minimum Gasteiger partial charge on any atom is -0.490 e. The van der Waals surface area contributed by atoms with Gasteiger partial charge in [0.05, 0.1) is 38.3 Å². The van der Waals surface area contributed by atoms with Crippen LogP contribution in [0, 0.1) is 11.3 Å². The van der Waals surface area contributed by atoms with Gasteiger partial charge in [-0.05, 0) is 56.0 Å². The van der Waals surface area contributed by atoms with E-state index in [0.29, 0.717) is 17.4 Å². The monoisotopic (exact) mass is 517 g/mol. The van der Waals surface area contributed by atoms with Gasteiger partial charge >= 0.3 is 6.03 Å². The molecular formula is C28H33N6O2S+. The second kappa shape index (κ2) is 10.5. The largest absolute Gasteiger partial charge is 0.490 e. The first-order valence-electron chi connectivity index (χ1n) is 12.9. The van der Waals surface area contributed by atoms with Crippen LogP contribution < -0.4 is 15.0 Å². The number of nitrogens with one attached hydrogen (secondary N) is 2. The fourth-order valence-corrected chi connectivity index (χ4v) is 6.11. The number of amides is 2. The standard InChI is InChI=1S/C28H32N6O2S/c1-17(2)36-25-11-8-18(14-19(25)15-29)26-31-32-27(37-26)23-7-5-6-22-21(23)9-10-24(22)30-28(35)34-13-12-20(16-34)33(3)4/h5-8,11,14,17,20,24H,9-10,12-13,16H2,1-4H3,(H,30,35)/p+1/t20?,24-/m1/s1. The molecule has 2 N–H and O–H groups in total. The molecule has 192 valence electrons. The minimum atomic E-state index is -0.00817. The van der Waals surface area contributed by atoms with E-state index >= 15 is 0 Å². The molecule has 1 saturated heterocycles. The topological polar surface area (TPSA) is 95.6 Å². The van der Waals surface area contributed by atoms with E-state index in [1.165, 1.54) is 27.4 Å². The molecule has 37 heavy (non-hydrogen) atoms. The number of hydrogen-bond donors (Lipinski definition) is 2. The van der Waals surface area contributed by atoms with Gasteiger partial charge in [0.1, 0.15) is 27.9 Å². The van der Waals surface area contributed by atoms with Gasteiger partial charge in [0.25, 0.3) is 0 Å². The molecule has 2 heterocycles. The second-order valence-electron chi connectivity index (χ2n) is 10.3. The number of carbonyl (C=O) groups is 1. The van der Waals surface area contributed by atoms with Crippen LogP contribution in [0.25, 0.3) is 21.1 Å². The molecule has 1 aliphatic carbocycles. The summed E-state index contributed by atoms with van der Waals surface area (Å²) in [7, 11) is 4.30. The van der Waals surface area contributed by atoms with Crippen molar-refractivity contribution in [2.45, 2.75) is 51.3 Å². The number of nitriles is 1. The van der Waals surface area contributed by atoms with Gasteiger partial charge in [-0.15, -0.1) is 10.2 Å². The van der Waals surface area contributed by atoms with E-state index in [1.807, 2.05) is 43.0 Å². The maximum atomic E-state index is 13.0. The van der Waals surface area contributed by atoms with Gasteiger partial charge in [-0.25, -0.2) is 4.79 Å². The Hall–Kier alpha value is -3.48. The lowest BCUT2D eigenvalue weighted by Gasteiger charge is -2.22. The van der Waals surface area contributed by atoms with Crippen LogP contribution in [0.2, 0.25) is 0 Å². The number of likely N-dealkylation sites (tertiary alicyclic amines) is 1. The number of fused-ring (bicyclic) bond motifs is 1. The Bertz CT molecular complexity index is 1340. The van der Waals surface area contributed by atoms with E-state index in [2.05, 4.69) is 47.8 Å². The SMILES string of the molecule is CC(C)Oc1ccc(-c2nnc(-c3cccc4c3CC[C@H]4NC(=O)N3CCC([NH+](C)C)C3)s2)cc1C#N. The maximum Gasteiger partial charge on any atom is 0.318 e. The molecule has 2 aliphatic rings. The second-order valence-corrected chi connectivity index (χ2v) is 11.3. The van der Waals surface area contributed by atoms with Crippen molar-refractivity contribution in [1.29, 1.82) is 5.26 Å². The van der Waals surface area contributed by atoms with Crippen LogP contribution in [0.5, 0.6) is 5.75 Å². The molecule has 1 aliphatic heterocycles. The highest BCUT2D eigenvalue weighted by atomic mass is 32.1. The van der Waals surface area contributed by atoms with Crippen LogP contribution in [-0.2, 0) is 6.42 Å². The number of hydrogen-bond acceptors (Lipinski definition) is 6. The number of benzene rings is 2. The van der Waals surface area contributed by atoms with Crippen LogP contribution in [0.4, 0.5) is 4.79 Å². The fraction of sp³-hybridized carbons (Fsp3) is 0.429. The summed E-state index contributed by atoms with van der Waals surface area (Å²) in [6.45, 7) is 5.49. The van der Waals surface area contributed by atoms with Gasteiger partial charge in [-0.2, -0.15) is 5.26 Å². The molecule has 2 atom stereocenters. The van der Waals surface area contributed by atoms with Gasteiger partial charge in [-0.1, -0.05) is 29.5 Å². The number of aromatic nitrogens is 2. The summed E-state index contributed by atoms with van der Waals surface area (Å²) in [5.74, 6) is 0.576. The number of carbonyl (C=O) groups excluding carboxylic acids is 1. The first kappa shape index (κ1) is 25.2. The Morgan fingerprint density at radius 3 is 2.76 bits per heavy atom. The summed E-state index contributed by atoms with van der Waals surface area (Å²) >= 11 is 1.51. The molecule has 1 unspecified atom stereocenters. The summed E-state index contributed by atoms with van der Waals surface area (Å²) in [5.41, 5.74) is 4.79. The Morgan fingerprint density at radius 1 is 1.22 bits per heavy atom. The van der Waals surface area contributed by atoms with E-state index in [-0.39, 0.29) is 18.2 Å². The molecule has 2 aromatic carbocycles. The van der Waals surface area contributed by atoms with Crippen molar-refractivity contribution in [2.75, 3.05) is 27.2 Å². The molecule has 8 nitrogen and oxygen atoms in total. The highest BCUT2D eigenvalue weighted by molar-refractivity contribution is 7.17. The van der Waals surface area contributed by atoms with E-state index in [4.69, 9.17) is 4.74 Å². The molecule has 0 radical (unpaired) electrons. The van der Waals surface area contributed by atoms with Crippen LogP contribution in [-0.4, -0.2) is 60.5 Å². The number of nitrogens with zero attached hydrogens (tertiary/aromatic N) is 4. The number of rotatable bonds is 6. The smallest absolute Gasteiger partial charge is 0.318 e. The van der Waals surface area contributed by atoms with Crippen LogP contribution in [0.1, 0.15) is 49.4 Å². The third-order valence-corrected chi connectivity index (χ3v) is 8.23. The van der Waals surface area contributed by atoms with Crippen molar-refractivity contribution in [1.82, 2.24) is 20.4 Å². The van der Waals surface area contributed by atoms with E-state index in [1.54, 1.807) is 0 Å². The van der Waals surface area contributed by atoms with Crippen molar-refractivity contribution >= 4 is 17.4 Å². The van der Waals surface area contributed by atoms with Crippen molar-refractivity contribution < 1.29 is 14.4 Å². The van der Waals surface area contributed by atoms with Crippen LogP contribution in [0.15, 0.2) is 36.4 Å². The molecule has 0 bridgehead atoms. The first-order chi connectivity index (χ1) is 17.8. The average Bonchev–Trinajstić information content (AvgIpc) is 3.64. The molecule has 1 aromatic heterocycles. The molecule has 2 amide bonds. The third-order valence-electron chi connectivity index (χ3n) is 7.23. The Labute approximate surface area is 221 Å². The minimum absolute atomic E-state index is 0.00674. The van der Waals surface area contributed by atoms with Crippen LogP contribution in [0.3, 0.4) is 0 Å². The van der Waals surface area contributed by atoms with E-state index in [0.717, 1.165) is 53.5 Å². The number of likely N-dealkylation sites (N-methyl/N-ethyl adjacent to an activating group) is 1. The predicted octanol–water partition coefficient (Wildman–Crippen LogP) is 3.45. The lowest BCUT2D eigenvalue weighted by molar-refractivity contribution is -0.883. The predicted molar refractivity (Wildman–Crippen MR) is 144 cm³/mol. The molecule has 3 aromatic rings. The van der Waals surface area contributed by atoms with E-state index < -0.39 is 0 Å². The first-order valence-corrected chi connectivity index (χ1v) is 13.7. The highest BCUT2D eigenvalue weighted by Crippen LogP contribution is 2.40. The van der Waals surface area contributed by atoms with Gasteiger partial charge in [0.15, 0.2) is 0 Å². The number of ether oxygens (including phenoxy) is 1. The summed E-state index contributed by atoms with van der Waals surface area (Å²) in [5, 5.41) is 23.4. The van der Waals surface area contributed by atoms with Crippen molar-refractivity contribution in [3.63, 3.8) is 0 Å². The summed E-state index contributed by atoms with van der Waals surface area (Å²) in [4.78, 5) is 16.3. The molecular weight excluding hydrogens is 484 g/mol. The summed E-state index contributed by atoms with van der Waals surface area (Å²) in [6, 6.07) is 14.5. The fourth-order valence-electron chi connectivity index (χ4n) is 5.22. The Kier molecular flexibility index (Phi) is 7.13. The summed E-state index contributed by atoms with van der Waals surface area (Å²) < 4.78 is 5.75. The van der Waals surface area contributed by atoms with Gasteiger partial charge < -0.3 is 19.9 Å². The number of quaternary nitrogens is 1. The van der Waals surface area contributed by atoms with Gasteiger partial charge in [-0.3, -0.25) is 0 Å². The average molecular weight is 518 g/mol. The van der Waals surface area contributed by atoms with Crippen molar-refractivity contribution in [3.8, 4) is 33.0 Å². The van der Waals surface area contributed by atoms with Gasteiger partial charge in [0.2, 0.25) is 0 Å². The van der Waals surface area contributed by atoms with Crippen molar-refractivity contribution in [2.24, 2.45) is 0 Å². The maximum absolute atomic E-state index is 13.0. The quantitative estimate of drug-likeness (QED) is 0.522. The zero-order valence-electron chi connectivity index (χ0n) is 21.7. The molecule has 0 saturated carbocycles. The Balaban J connectivity index is 1.34. The summed E-state index contributed by atoms with van der Waals surface area (Å²) in [6.07, 6.45) is 2.80. The number of urea groups is 1. The van der Waals surface area contributed by atoms with E-state index in [9.17, 15) is 10.1 Å². The normalized spacial score (nSPS) is 18.8. The zero-order valence-corrected chi connectivity index (χ0v) is 22.6.